The summed E-state index contributed by atoms with van der Waals surface area (Å²) in [7, 11) is -3.63. The van der Waals surface area contributed by atoms with E-state index in [9.17, 15) is 14.5 Å². The summed E-state index contributed by atoms with van der Waals surface area (Å²) in [6.07, 6.45) is -0.778. The van der Waals surface area contributed by atoms with Gasteiger partial charge < -0.3 is 14.2 Å². The molecular formula is C20H42NO6P. The quantitative estimate of drug-likeness (QED) is 0.364. The Hall–Kier alpha value is -0.460. The average Bonchev–Trinajstić information content (AvgIpc) is 2.41. The van der Waals surface area contributed by atoms with Gasteiger partial charge in [-0.15, -0.1) is 0 Å². The highest BCUT2D eigenvalue weighted by molar-refractivity contribution is 7.54. The lowest BCUT2D eigenvalue weighted by atomic mass is 9.89. The number of carboxylic acid groups (broad SMARTS) is 1. The molecule has 0 radical (unpaired) electrons. The van der Waals surface area contributed by atoms with E-state index in [0.29, 0.717) is 6.42 Å². The molecule has 0 aromatic heterocycles. The van der Waals surface area contributed by atoms with Gasteiger partial charge in [0.2, 0.25) is 0 Å². The van der Waals surface area contributed by atoms with Crippen molar-refractivity contribution in [1.29, 1.82) is 0 Å². The van der Waals surface area contributed by atoms with Crippen molar-refractivity contribution in [2.45, 2.75) is 100 Å². The van der Waals surface area contributed by atoms with Crippen molar-refractivity contribution in [3.63, 3.8) is 0 Å². The Labute approximate surface area is 171 Å². The first kappa shape index (κ1) is 27.5. The van der Waals surface area contributed by atoms with Crippen LogP contribution >= 0.6 is 7.60 Å². The van der Waals surface area contributed by atoms with Crippen molar-refractivity contribution in [2.24, 2.45) is 10.8 Å². The lowest BCUT2D eigenvalue weighted by Gasteiger charge is -2.48. The molecule has 0 rings (SSSR count). The molecule has 0 saturated heterocycles. The third-order valence-corrected chi connectivity index (χ3v) is 6.71. The van der Waals surface area contributed by atoms with E-state index in [1.165, 1.54) is 5.06 Å². The van der Waals surface area contributed by atoms with E-state index in [4.69, 9.17) is 13.9 Å². The fourth-order valence-electron chi connectivity index (χ4n) is 2.94. The first-order valence-corrected chi connectivity index (χ1v) is 11.6. The molecule has 0 bridgehead atoms. The van der Waals surface area contributed by atoms with Gasteiger partial charge in [-0.3, -0.25) is 9.40 Å². The van der Waals surface area contributed by atoms with Crippen LogP contribution < -0.4 is 0 Å². The summed E-state index contributed by atoms with van der Waals surface area (Å²) in [6, 6.07) is 0. The highest BCUT2D eigenvalue weighted by Crippen LogP contribution is 2.61. The molecule has 0 aliphatic rings. The number of nitrogens with zero attached hydrogens (tertiary/aromatic N) is 1. The fourth-order valence-corrected chi connectivity index (χ4v) is 5.62. The van der Waals surface area contributed by atoms with E-state index in [1.54, 1.807) is 13.8 Å². The van der Waals surface area contributed by atoms with Crippen LogP contribution in [0.3, 0.4) is 0 Å². The van der Waals surface area contributed by atoms with Crippen molar-refractivity contribution in [2.75, 3.05) is 13.2 Å². The molecule has 28 heavy (non-hydrogen) atoms. The zero-order chi connectivity index (χ0) is 22.6. The molecule has 168 valence electrons. The van der Waals surface area contributed by atoms with Gasteiger partial charge in [-0.2, -0.15) is 5.06 Å². The van der Waals surface area contributed by atoms with Crippen LogP contribution in [-0.2, 0) is 23.2 Å². The zero-order valence-corrected chi connectivity index (χ0v) is 20.6. The van der Waals surface area contributed by atoms with E-state index < -0.39 is 36.4 Å². The lowest BCUT2D eigenvalue weighted by Crippen LogP contribution is -2.55. The van der Waals surface area contributed by atoms with Crippen LogP contribution in [0, 0.1) is 10.8 Å². The predicted octanol–water partition coefficient (Wildman–Crippen LogP) is 5.55. The van der Waals surface area contributed by atoms with Crippen molar-refractivity contribution in [3.8, 4) is 0 Å². The molecule has 8 heteroatoms. The summed E-state index contributed by atoms with van der Waals surface area (Å²) in [5.74, 6) is -1.85. The monoisotopic (exact) mass is 423 g/mol. The van der Waals surface area contributed by atoms with Crippen molar-refractivity contribution in [1.82, 2.24) is 5.06 Å². The number of carbonyl (C=O) groups is 1. The molecule has 0 aromatic carbocycles. The van der Waals surface area contributed by atoms with Crippen LogP contribution in [0.4, 0.5) is 0 Å². The highest BCUT2D eigenvalue weighted by Gasteiger charge is 2.52. The second-order valence-corrected chi connectivity index (χ2v) is 12.4. The lowest BCUT2D eigenvalue weighted by molar-refractivity contribution is -0.269. The largest absolute Gasteiger partial charge is 0.479 e. The molecule has 0 aliphatic heterocycles. The standard InChI is InChI=1S/C20H42NO6P/c1-12-25-28(24,26-13-2)17(19(6,7)8)21(20(9,10)11)27-15(16(22)23)14-18(3,4)5/h15,17H,12-14H2,1-11H3,(H,22,23). The maximum Gasteiger partial charge on any atom is 0.350 e. The van der Waals surface area contributed by atoms with Gasteiger partial charge >= 0.3 is 13.6 Å². The second-order valence-electron chi connectivity index (χ2n) is 10.3. The van der Waals surface area contributed by atoms with Crippen LogP contribution in [-0.4, -0.2) is 46.8 Å². The molecule has 0 saturated carbocycles. The summed E-state index contributed by atoms with van der Waals surface area (Å²) >= 11 is 0. The van der Waals surface area contributed by atoms with Crippen LogP contribution in [0.25, 0.3) is 0 Å². The van der Waals surface area contributed by atoms with Crippen LogP contribution in [0.1, 0.15) is 82.6 Å². The van der Waals surface area contributed by atoms with Crippen molar-refractivity contribution in [3.05, 3.63) is 0 Å². The van der Waals surface area contributed by atoms with Crippen molar-refractivity contribution >= 4 is 13.6 Å². The fraction of sp³-hybridized carbons (Fsp3) is 0.950. The van der Waals surface area contributed by atoms with Crippen LogP contribution in [0.15, 0.2) is 0 Å². The molecule has 0 heterocycles. The maximum atomic E-state index is 13.8. The average molecular weight is 424 g/mol. The molecule has 0 aromatic rings. The minimum Gasteiger partial charge on any atom is -0.479 e. The number of carboxylic acids is 1. The predicted molar refractivity (Wildman–Crippen MR) is 112 cm³/mol. The summed E-state index contributed by atoms with van der Waals surface area (Å²) in [4.78, 5) is 18.0. The molecule has 0 spiro atoms. The van der Waals surface area contributed by atoms with Crippen LogP contribution in [0.2, 0.25) is 0 Å². The molecule has 1 N–H and O–H groups in total. The number of hydroxylamine groups is 2. The summed E-state index contributed by atoms with van der Waals surface area (Å²) in [6.45, 7) is 21.3. The zero-order valence-electron chi connectivity index (χ0n) is 19.7. The van der Waals surface area contributed by atoms with Gasteiger partial charge in [0.05, 0.1) is 13.2 Å². The first-order valence-electron chi connectivity index (χ1n) is 9.96. The van der Waals surface area contributed by atoms with Gasteiger partial charge in [0.15, 0.2) is 6.10 Å². The van der Waals surface area contributed by atoms with Gasteiger partial charge in [0.1, 0.15) is 5.78 Å². The normalized spacial score (nSPS) is 16.3. The number of hydrogen-bond acceptors (Lipinski definition) is 6. The Morgan fingerprint density at radius 3 is 1.64 bits per heavy atom. The highest BCUT2D eigenvalue weighted by atomic mass is 31.2. The Bertz CT molecular complexity index is 534. The molecule has 0 aliphatic carbocycles. The van der Waals surface area contributed by atoms with Crippen LogP contribution in [0.5, 0.6) is 0 Å². The van der Waals surface area contributed by atoms with Gasteiger partial charge in [0.25, 0.3) is 0 Å². The molecule has 2 atom stereocenters. The molecule has 0 fully saturated rings. The van der Waals surface area contributed by atoms with Crippen molar-refractivity contribution < 1.29 is 28.4 Å². The van der Waals surface area contributed by atoms with E-state index in [0.717, 1.165) is 0 Å². The molecule has 2 unspecified atom stereocenters. The Balaban J connectivity index is 6.35. The minimum absolute atomic E-state index is 0.214. The summed E-state index contributed by atoms with van der Waals surface area (Å²) in [5.41, 5.74) is -1.47. The SMILES string of the molecule is CCOP(=O)(OCC)C(N(OC(CC(C)(C)C)C(=O)O)C(C)(C)C)C(C)(C)C. The second kappa shape index (κ2) is 10.0. The first-order chi connectivity index (χ1) is 12.4. The number of rotatable bonds is 10. The van der Waals surface area contributed by atoms with Gasteiger partial charge in [0, 0.05) is 5.54 Å². The minimum atomic E-state index is -3.63. The molecule has 7 nitrogen and oxygen atoms in total. The topological polar surface area (TPSA) is 85.3 Å². The third-order valence-electron chi connectivity index (χ3n) is 3.89. The third kappa shape index (κ3) is 8.50. The van der Waals surface area contributed by atoms with E-state index in [2.05, 4.69) is 0 Å². The number of aliphatic carboxylic acids is 1. The van der Waals surface area contributed by atoms with E-state index >= 15 is 0 Å². The smallest absolute Gasteiger partial charge is 0.350 e. The van der Waals surface area contributed by atoms with E-state index in [1.807, 2.05) is 62.3 Å². The van der Waals surface area contributed by atoms with Gasteiger partial charge in [-0.1, -0.05) is 41.5 Å². The Morgan fingerprint density at radius 2 is 1.39 bits per heavy atom. The number of hydrogen-bond donors (Lipinski definition) is 1. The molecule has 0 amide bonds. The summed E-state index contributed by atoms with van der Waals surface area (Å²) in [5, 5.41) is 11.3. The Morgan fingerprint density at radius 1 is 0.964 bits per heavy atom. The van der Waals surface area contributed by atoms with Gasteiger partial charge in [-0.25, -0.2) is 4.79 Å². The maximum absolute atomic E-state index is 13.8. The Kier molecular flexibility index (Phi) is 9.87. The van der Waals surface area contributed by atoms with E-state index in [-0.39, 0.29) is 18.6 Å². The molecular weight excluding hydrogens is 381 g/mol. The van der Waals surface area contributed by atoms with Gasteiger partial charge in [-0.05, 0) is 51.9 Å². The summed E-state index contributed by atoms with van der Waals surface area (Å²) < 4.78 is 25.1.